The van der Waals surface area contributed by atoms with Crippen molar-refractivity contribution >= 4 is 11.6 Å². The highest BCUT2D eigenvalue weighted by Gasteiger charge is 2.21. The van der Waals surface area contributed by atoms with Crippen LogP contribution in [0, 0.1) is 6.92 Å². The first-order valence-electron chi connectivity index (χ1n) is 6.85. The third-order valence-electron chi connectivity index (χ3n) is 3.64. The maximum Gasteiger partial charge on any atom is 0.304 e. The van der Waals surface area contributed by atoms with Crippen LogP contribution < -0.4 is 0 Å². The van der Waals surface area contributed by atoms with Gasteiger partial charge < -0.3 is 9.51 Å². The molecular formula is C17H16N2O2. The smallest absolute Gasteiger partial charge is 0.304 e. The van der Waals surface area contributed by atoms with Crippen LogP contribution >= 0.6 is 0 Å². The Morgan fingerprint density at radius 3 is 2.76 bits per heavy atom. The van der Waals surface area contributed by atoms with Gasteiger partial charge in [0.15, 0.2) is 0 Å². The summed E-state index contributed by atoms with van der Waals surface area (Å²) in [7, 11) is 0. The summed E-state index contributed by atoms with van der Waals surface area (Å²) in [6, 6.07) is 13.7. The minimum absolute atomic E-state index is 0.0473. The topological polar surface area (TPSA) is 54.6 Å². The number of aromatic nitrogens is 2. The first kappa shape index (κ1) is 13.4. The van der Waals surface area contributed by atoms with Gasteiger partial charge in [-0.2, -0.15) is 0 Å². The number of aryl methyl sites for hydroxylation is 1. The molecule has 21 heavy (non-hydrogen) atoms. The van der Waals surface area contributed by atoms with E-state index >= 15 is 0 Å². The number of aliphatic carboxylic acids is 1. The third-order valence-corrected chi connectivity index (χ3v) is 3.64. The van der Waals surface area contributed by atoms with E-state index in [4.69, 9.17) is 0 Å². The molecule has 0 fully saturated rings. The Kier molecular flexibility index (Phi) is 3.44. The molecule has 0 aliphatic rings. The summed E-state index contributed by atoms with van der Waals surface area (Å²) in [5, 5.41) is 9.23. The van der Waals surface area contributed by atoms with Crippen molar-refractivity contribution in [3.63, 3.8) is 0 Å². The number of benzene rings is 1. The molecule has 3 aromatic rings. The normalized spacial score (nSPS) is 12.4. The van der Waals surface area contributed by atoms with Crippen molar-refractivity contribution in [2.75, 3.05) is 0 Å². The number of carboxylic acids is 1. The Bertz CT molecular complexity index is 778. The Balaban J connectivity index is 2.12. The second kappa shape index (κ2) is 5.40. The van der Waals surface area contributed by atoms with Crippen molar-refractivity contribution < 1.29 is 9.90 Å². The molecule has 1 aromatic carbocycles. The van der Waals surface area contributed by atoms with Gasteiger partial charge in [-0.15, -0.1) is 0 Å². The van der Waals surface area contributed by atoms with Gasteiger partial charge in [-0.1, -0.05) is 30.3 Å². The molecule has 0 spiro atoms. The maximum atomic E-state index is 11.2. The lowest BCUT2D eigenvalue weighted by molar-refractivity contribution is -0.137. The van der Waals surface area contributed by atoms with Gasteiger partial charge in [0.1, 0.15) is 5.65 Å². The number of carbonyl (C=O) groups is 1. The van der Waals surface area contributed by atoms with Crippen LogP contribution in [-0.2, 0) is 4.79 Å². The fraction of sp³-hybridized carbons (Fsp3) is 0.176. The van der Waals surface area contributed by atoms with E-state index in [1.807, 2.05) is 60.0 Å². The fourth-order valence-corrected chi connectivity index (χ4v) is 2.61. The van der Waals surface area contributed by atoms with Crippen LogP contribution in [0.2, 0.25) is 0 Å². The van der Waals surface area contributed by atoms with Crippen molar-refractivity contribution in [3.05, 3.63) is 71.7 Å². The molecule has 2 aromatic heterocycles. The molecule has 2 heterocycles. The Morgan fingerprint density at radius 2 is 2.05 bits per heavy atom. The summed E-state index contributed by atoms with van der Waals surface area (Å²) in [5.41, 5.74) is 3.87. The predicted octanol–water partition coefficient (Wildman–Crippen LogP) is 3.25. The van der Waals surface area contributed by atoms with E-state index in [9.17, 15) is 9.90 Å². The fourth-order valence-electron chi connectivity index (χ4n) is 2.61. The van der Waals surface area contributed by atoms with Crippen molar-refractivity contribution in [1.29, 1.82) is 0 Å². The van der Waals surface area contributed by atoms with E-state index in [1.165, 1.54) is 0 Å². The summed E-state index contributed by atoms with van der Waals surface area (Å²) in [4.78, 5) is 15.6. The molecule has 3 rings (SSSR count). The standard InChI is InChI=1S/C17H16N2O2/c1-12-7-8-19-15(11-18-16(19)9-12)14(10-17(20)21)13-5-3-2-4-6-13/h2-9,11,14H,10H2,1H3,(H,20,21)/t14-/m0/s1. The molecule has 106 valence electrons. The van der Waals surface area contributed by atoms with Crippen LogP contribution in [0.4, 0.5) is 0 Å². The van der Waals surface area contributed by atoms with E-state index in [1.54, 1.807) is 6.20 Å². The second-order valence-corrected chi connectivity index (χ2v) is 5.18. The van der Waals surface area contributed by atoms with E-state index < -0.39 is 5.97 Å². The largest absolute Gasteiger partial charge is 0.481 e. The minimum atomic E-state index is -0.814. The number of rotatable bonds is 4. The molecule has 0 aliphatic carbocycles. The molecule has 4 nitrogen and oxygen atoms in total. The van der Waals surface area contributed by atoms with Gasteiger partial charge in [0.05, 0.1) is 12.1 Å². The molecule has 4 heteroatoms. The molecule has 0 radical (unpaired) electrons. The first-order chi connectivity index (χ1) is 10.1. The van der Waals surface area contributed by atoms with Crippen LogP contribution in [0.25, 0.3) is 5.65 Å². The van der Waals surface area contributed by atoms with Gasteiger partial charge in [0.25, 0.3) is 0 Å². The molecular weight excluding hydrogens is 264 g/mol. The summed E-state index contributed by atoms with van der Waals surface area (Å²) >= 11 is 0. The van der Waals surface area contributed by atoms with Gasteiger partial charge in [0.2, 0.25) is 0 Å². The van der Waals surface area contributed by atoms with E-state index in [0.29, 0.717) is 0 Å². The highest BCUT2D eigenvalue weighted by atomic mass is 16.4. The summed E-state index contributed by atoms with van der Waals surface area (Å²) < 4.78 is 1.97. The van der Waals surface area contributed by atoms with Gasteiger partial charge in [-0.25, -0.2) is 4.98 Å². The number of pyridine rings is 1. The SMILES string of the molecule is Cc1ccn2c([C@@H](CC(=O)O)c3ccccc3)cnc2c1. The van der Waals surface area contributed by atoms with Crippen LogP contribution in [0.1, 0.15) is 29.2 Å². The number of nitrogens with zero attached hydrogens (tertiary/aromatic N) is 2. The Morgan fingerprint density at radius 1 is 1.29 bits per heavy atom. The monoisotopic (exact) mass is 280 g/mol. The van der Waals surface area contributed by atoms with Gasteiger partial charge in [0, 0.05) is 18.3 Å². The first-order valence-corrected chi connectivity index (χ1v) is 6.85. The van der Waals surface area contributed by atoms with E-state index in [2.05, 4.69) is 4.98 Å². The average Bonchev–Trinajstić information content (AvgIpc) is 2.88. The zero-order valence-electron chi connectivity index (χ0n) is 11.7. The van der Waals surface area contributed by atoms with Crippen molar-refractivity contribution in [3.8, 4) is 0 Å². The molecule has 0 amide bonds. The van der Waals surface area contributed by atoms with Gasteiger partial charge in [-0.3, -0.25) is 4.79 Å². The maximum absolute atomic E-state index is 11.2. The highest BCUT2D eigenvalue weighted by molar-refractivity contribution is 5.69. The highest BCUT2D eigenvalue weighted by Crippen LogP contribution is 2.28. The third kappa shape index (κ3) is 2.65. The quantitative estimate of drug-likeness (QED) is 0.798. The molecule has 0 saturated heterocycles. The summed E-state index contributed by atoms with van der Waals surface area (Å²) in [6.07, 6.45) is 3.77. The number of fused-ring (bicyclic) bond motifs is 1. The molecule has 0 aliphatic heterocycles. The van der Waals surface area contributed by atoms with Crippen LogP contribution in [0.5, 0.6) is 0 Å². The average molecular weight is 280 g/mol. The molecule has 0 bridgehead atoms. The lowest BCUT2D eigenvalue weighted by Crippen LogP contribution is -2.10. The zero-order chi connectivity index (χ0) is 14.8. The van der Waals surface area contributed by atoms with Crippen LogP contribution in [-0.4, -0.2) is 20.5 Å². The van der Waals surface area contributed by atoms with Crippen LogP contribution in [0.3, 0.4) is 0 Å². The number of hydrogen-bond acceptors (Lipinski definition) is 2. The van der Waals surface area contributed by atoms with Crippen molar-refractivity contribution in [1.82, 2.24) is 9.38 Å². The van der Waals surface area contributed by atoms with E-state index in [0.717, 1.165) is 22.5 Å². The van der Waals surface area contributed by atoms with Gasteiger partial charge >= 0.3 is 5.97 Å². The number of imidazole rings is 1. The summed E-state index contributed by atoms with van der Waals surface area (Å²) in [5.74, 6) is -1.02. The molecule has 1 atom stereocenters. The lowest BCUT2D eigenvalue weighted by atomic mass is 9.93. The molecule has 0 saturated carbocycles. The zero-order valence-corrected chi connectivity index (χ0v) is 11.7. The minimum Gasteiger partial charge on any atom is -0.481 e. The number of carboxylic acid groups (broad SMARTS) is 1. The summed E-state index contributed by atoms with van der Waals surface area (Å²) in [6.45, 7) is 2.01. The predicted molar refractivity (Wildman–Crippen MR) is 80.5 cm³/mol. The van der Waals surface area contributed by atoms with E-state index in [-0.39, 0.29) is 12.3 Å². The number of hydrogen-bond donors (Lipinski definition) is 1. The second-order valence-electron chi connectivity index (χ2n) is 5.18. The molecule has 1 N–H and O–H groups in total. The Labute approximate surface area is 122 Å². The van der Waals surface area contributed by atoms with Crippen molar-refractivity contribution in [2.45, 2.75) is 19.3 Å². The Hall–Kier alpha value is -2.62. The van der Waals surface area contributed by atoms with Crippen molar-refractivity contribution in [2.24, 2.45) is 0 Å². The molecule has 0 unspecified atom stereocenters. The van der Waals surface area contributed by atoms with Crippen LogP contribution in [0.15, 0.2) is 54.9 Å². The lowest BCUT2D eigenvalue weighted by Gasteiger charge is -2.15. The van der Waals surface area contributed by atoms with Gasteiger partial charge in [-0.05, 0) is 30.2 Å².